The van der Waals surface area contributed by atoms with Crippen LogP contribution in [0.15, 0.2) is 21.3 Å². The van der Waals surface area contributed by atoms with Crippen LogP contribution in [0.25, 0.3) is 0 Å². The van der Waals surface area contributed by atoms with Gasteiger partial charge in [-0.25, -0.2) is 0 Å². The summed E-state index contributed by atoms with van der Waals surface area (Å²) in [6.45, 7) is 1.90. The van der Waals surface area contributed by atoms with Crippen molar-refractivity contribution in [2.75, 3.05) is 0 Å². The SMILES string of the molecule is C/C(N)=C1\CC1N=NP. The molecular weight excluding hydrogens is 133 g/mol. The highest BCUT2D eigenvalue weighted by molar-refractivity contribution is 7.14. The molecule has 0 aromatic carbocycles. The maximum atomic E-state index is 5.49. The van der Waals surface area contributed by atoms with E-state index >= 15 is 0 Å². The van der Waals surface area contributed by atoms with Gasteiger partial charge in [-0.3, -0.25) is 0 Å². The molecule has 0 spiro atoms. The molecule has 0 radical (unpaired) electrons. The van der Waals surface area contributed by atoms with Crippen molar-refractivity contribution in [1.82, 2.24) is 0 Å². The second-order valence-electron chi connectivity index (χ2n) is 2.16. The molecule has 1 aliphatic carbocycles. The summed E-state index contributed by atoms with van der Waals surface area (Å²) in [5.74, 6) is 0. The predicted molar refractivity (Wildman–Crippen MR) is 39.9 cm³/mol. The van der Waals surface area contributed by atoms with Crippen molar-refractivity contribution in [1.29, 1.82) is 0 Å². The Labute approximate surface area is 56.7 Å². The van der Waals surface area contributed by atoms with E-state index in [-0.39, 0.29) is 0 Å². The lowest BCUT2D eigenvalue weighted by Crippen LogP contribution is -1.90. The molecule has 0 bridgehead atoms. The first-order valence-electron chi connectivity index (χ1n) is 2.81. The van der Waals surface area contributed by atoms with Crippen molar-refractivity contribution in [3.05, 3.63) is 11.3 Å². The molecular formula is C5H10N3P. The molecule has 50 valence electrons. The Morgan fingerprint density at radius 2 is 2.56 bits per heavy atom. The molecule has 1 aliphatic rings. The number of hydrogen-bond donors (Lipinski definition) is 1. The normalized spacial score (nSPS) is 31.1. The first-order chi connectivity index (χ1) is 4.25. The summed E-state index contributed by atoms with van der Waals surface area (Å²) in [6.07, 6.45) is 1.00. The maximum Gasteiger partial charge on any atom is 0.0979 e. The van der Waals surface area contributed by atoms with Gasteiger partial charge in [0.25, 0.3) is 0 Å². The molecule has 9 heavy (non-hydrogen) atoms. The summed E-state index contributed by atoms with van der Waals surface area (Å²) < 4.78 is 0. The molecule has 1 saturated carbocycles. The monoisotopic (exact) mass is 143 g/mol. The molecule has 0 aromatic rings. The molecule has 0 aromatic heterocycles. The lowest BCUT2D eigenvalue weighted by molar-refractivity contribution is 1.01. The van der Waals surface area contributed by atoms with Crippen LogP contribution in [0.1, 0.15) is 13.3 Å². The Bertz CT molecular complexity index is 169. The molecule has 2 N–H and O–H groups in total. The van der Waals surface area contributed by atoms with E-state index in [1.165, 1.54) is 5.57 Å². The highest BCUT2D eigenvalue weighted by atomic mass is 31.0. The topological polar surface area (TPSA) is 50.7 Å². The Morgan fingerprint density at radius 1 is 1.89 bits per heavy atom. The van der Waals surface area contributed by atoms with Gasteiger partial charge in [0.2, 0.25) is 0 Å². The number of nitrogens with two attached hydrogens (primary N) is 1. The highest BCUT2D eigenvalue weighted by Gasteiger charge is 2.30. The Balaban J connectivity index is 2.51. The van der Waals surface area contributed by atoms with E-state index in [9.17, 15) is 0 Å². The molecule has 1 fully saturated rings. The minimum Gasteiger partial charge on any atom is -0.402 e. The smallest absolute Gasteiger partial charge is 0.0979 e. The molecule has 1 rings (SSSR count). The van der Waals surface area contributed by atoms with E-state index in [2.05, 4.69) is 19.4 Å². The zero-order valence-electron chi connectivity index (χ0n) is 5.33. The molecule has 0 heterocycles. The van der Waals surface area contributed by atoms with Gasteiger partial charge in [-0.15, -0.1) is 0 Å². The summed E-state index contributed by atoms with van der Waals surface area (Å²) in [6, 6.07) is 0.299. The van der Waals surface area contributed by atoms with Crippen molar-refractivity contribution in [2.24, 2.45) is 15.7 Å². The number of hydrogen-bond acceptors (Lipinski definition) is 3. The van der Waals surface area contributed by atoms with Gasteiger partial charge in [0.15, 0.2) is 0 Å². The minimum atomic E-state index is 0.299. The second kappa shape index (κ2) is 2.44. The van der Waals surface area contributed by atoms with E-state index < -0.39 is 0 Å². The van der Waals surface area contributed by atoms with Crippen LogP contribution in [0.4, 0.5) is 0 Å². The van der Waals surface area contributed by atoms with E-state index in [0.29, 0.717) is 6.04 Å². The quantitative estimate of drug-likeness (QED) is 0.435. The zero-order valence-corrected chi connectivity index (χ0v) is 6.49. The van der Waals surface area contributed by atoms with Crippen LogP contribution in [-0.4, -0.2) is 6.04 Å². The molecule has 0 saturated heterocycles. The fourth-order valence-electron chi connectivity index (χ4n) is 0.764. The van der Waals surface area contributed by atoms with Gasteiger partial charge in [-0.2, -0.15) is 10.00 Å². The molecule has 2 unspecified atom stereocenters. The van der Waals surface area contributed by atoms with Gasteiger partial charge in [0.1, 0.15) is 0 Å². The Morgan fingerprint density at radius 3 is 2.89 bits per heavy atom. The third-order valence-corrected chi connectivity index (χ3v) is 1.50. The predicted octanol–water partition coefficient (Wildman–Crippen LogP) is 1.23. The van der Waals surface area contributed by atoms with Gasteiger partial charge in [0.05, 0.1) is 6.04 Å². The van der Waals surface area contributed by atoms with Crippen LogP contribution >= 0.6 is 9.39 Å². The van der Waals surface area contributed by atoms with Crippen molar-refractivity contribution < 1.29 is 0 Å². The average molecular weight is 143 g/mol. The fourth-order valence-corrected chi connectivity index (χ4v) is 0.925. The Kier molecular flexibility index (Phi) is 1.81. The largest absolute Gasteiger partial charge is 0.402 e. The first-order valence-corrected chi connectivity index (χ1v) is 3.32. The summed E-state index contributed by atoms with van der Waals surface area (Å²) >= 11 is 0. The van der Waals surface area contributed by atoms with Gasteiger partial charge in [0, 0.05) is 21.5 Å². The van der Waals surface area contributed by atoms with Gasteiger partial charge in [-0.1, -0.05) is 0 Å². The van der Waals surface area contributed by atoms with Gasteiger partial charge >= 0.3 is 0 Å². The number of nitrogens with zero attached hydrogens (tertiary/aromatic N) is 2. The van der Waals surface area contributed by atoms with Crippen LogP contribution in [0.2, 0.25) is 0 Å². The van der Waals surface area contributed by atoms with Crippen molar-refractivity contribution >= 4 is 9.39 Å². The van der Waals surface area contributed by atoms with E-state index in [1.807, 2.05) is 6.92 Å². The fraction of sp³-hybridized carbons (Fsp3) is 0.600. The molecule has 0 aliphatic heterocycles. The Hall–Kier alpha value is -0.430. The first kappa shape index (κ1) is 6.69. The second-order valence-corrected chi connectivity index (χ2v) is 2.39. The molecule has 4 heteroatoms. The van der Waals surface area contributed by atoms with Gasteiger partial charge in [-0.05, 0) is 12.5 Å². The zero-order chi connectivity index (χ0) is 6.85. The molecule has 2 atom stereocenters. The van der Waals surface area contributed by atoms with Crippen LogP contribution in [0.5, 0.6) is 0 Å². The van der Waals surface area contributed by atoms with Crippen LogP contribution in [0, 0.1) is 0 Å². The maximum absolute atomic E-state index is 5.49. The lowest BCUT2D eigenvalue weighted by atomic mass is 10.4. The number of rotatable bonds is 1. The van der Waals surface area contributed by atoms with Crippen LogP contribution in [0.3, 0.4) is 0 Å². The standard InChI is InChI=1S/C5H10N3P/c1-3(6)4-2-5(4)7-8-9/h5H,2,6,9H2,1H3/b4-3-,8-7?. The van der Waals surface area contributed by atoms with Crippen molar-refractivity contribution in [3.63, 3.8) is 0 Å². The van der Waals surface area contributed by atoms with E-state index in [4.69, 9.17) is 5.73 Å². The minimum absolute atomic E-state index is 0.299. The third-order valence-electron chi connectivity index (χ3n) is 1.37. The summed E-state index contributed by atoms with van der Waals surface area (Å²) in [5.41, 5.74) is 7.63. The summed E-state index contributed by atoms with van der Waals surface area (Å²) in [5, 5.41) is 3.89. The summed E-state index contributed by atoms with van der Waals surface area (Å²) in [4.78, 5) is 3.58. The lowest BCUT2D eigenvalue weighted by Gasteiger charge is -1.82. The molecule has 3 nitrogen and oxygen atoms in total. The highest BCUT2D eigenvalue weighted by Crippen LogP contribution is 2.34. The number of allylic oxidation sites excluding steroid dienone is 1. The van der Waals surface area contributed by atoms with Crippen molar-refractivity contribution in [2.45, 2.75) is 19.4 Å². The van der Waals surface area contributed by atoms with Crippen molar-refractivity contribution in [3.8, 4) is 0 Å². The van der Waals surface area contributed by atoms with Crippen LogP contribution < -0.4 is 5.73 Å². The van der Waals surface area contributed by atoms with Crippen LogP contribution in [-0.2, 0) is 0 Å². The van der Waals surface area contributed by atoms with E-state index in [1.54, 1.807) is 0 Å². The third kappa shape index (κ3) is 1.49. The molecule has 0 amide bonds. The van der Waals surface area contributed by atoms with E-state index in [0.717, 1.165) is 12.1 Å². The summed E-state index contributed by atoms with van der Waals surface area (Å²) in [7, 11) is 2.21. The average Bonchev–Trinajstić information content (AvgIpc) is 2.47. The van der Waals surface area contributed by atoms with Gasteiger partial charge < -0.3 is 5.73 Å².